The van der Waals surface area contributed by atoms with E-state index in [0.717, 1.165) is 32.8 Å². The van der Waals surface area contributed by atoms with Crippen LogP contribution in [0.5, 0.6) is 0 Å². The Hall–Kier alpha value is -1.21. The van der Waals surface area contributed by atoms with E-state index in [0.29, 0.717) is 5.69 Å². The molecule has 0 radical (unpaired) electrons. The predicted molar refractivity (Wildman–Crippen MR) is 108 cm³/mol. The van der Waals surface area contributed by atoms with Crippen molar-refractivity contribution >= 4 is 24.0 Å². The monoisotopic (exact) mass is 399 g/mol. The van der Waals surface area contributed by atoms with Gasteiger partial charge in [-0.25, -0.2) is 4.39 Å². The lowest BCUT2D eigenvalue weighted by Crippen LogP contribution is -2.60. The summed E-state index contributed by atoms with van der Waals surface area (Å²) in [6.07, 6.45) is 6.13. The van der Waals surface area contributed by atoms with E-state index >= 15 is 0 Å². The molecule has 1 saturated carbocycles. The Morgan fingerprint density at radius 2 is 1.81 bits per heavy atom. The molecule has 2 N–H and O–H groups in total. The summed E-state index contributed by atoms with van der Waals surface area (Å²) in [5.41, 5.74) is 0.748. The SMILES string of the molecule is CC(NCC1(N2CCOCC2)CCCCC1)C(=O)Nc1ccc(F)cc1.Cl. The molecule has 5 nitrogen and oxygen atoms in total. The molecule has 1 amide bonds. The van der Waals surface area contributed by atoms with Gasteiger partial charge in [0.15, 0.2) is 0 Å². The van der Waals surface area contributed by atoms with Crippen LogP contribution in [-0.2, 0) is 9.53 Å². The maximum atomic E-state index is 13.0. The van der Waals surface area contributed by atoms with Crippen LogP contribution in [0.3, 0.4) is 0 Å². The number of hydrogen-bond donors (Lipinski definition) is 2. The Morgan fingerprint density at radius 3 is 2.44 bits per heavy atom. The molecular formula is C20H31ClFN3O2. The van der Waals surface area contributed by atoms with Crippen LogP contribution >= 0.6 is 12.4 Å². The van der Waals surface area contributed by atoms with Gasteiger partial charge in [-0.2, -0.15) is 0 Å². The molecule has 1 aromatic rings. The summed E-state index contributed by atoms with van der Waals surface area (Å²) in [4.78, 5) is 15.0. The van der Waals surface area contributed by atoms with Crippen LogP contribution in [0.4, 0.5) is 10.1 Å². The average Bonchev–Trinajstić information content (AvgIpc) is 2.69. The molecule has 27 heavy (non-hydrogen) atoms. The maximum Gasteiger partial charge on any atom is 0.241 e. The Kier molecular flexibility index (Phi) is 8.48. The van der Waals surface area contributed by atoms with Crippen molar-refractivity contribution < 1.29 is 13.9 Å². The number of nitrogens with zero attached hydrogens (tertiary/aromatic N) is 1. The van der Waals surface area contributed by atoms with E-state index in [2.05, 4.69) is 15.5 Å². The molecule has 0 aromatic heterocycles. The molecule has 1 heterocycles. The number of hydrogen-bond acceptors (Lipinski definition) is 4. The van der Waals surface area contributed by atoms with Crippen molar-refractivity contribution in [2.24, 2.45) is 0 Å². The predicted octanol–water partition coefficient (Wildman–Crippen LogP) is 3.20. The van der Waals surface area contributed by atoms with Crippen LogP contribution in [0.1, 0.15) is 39.0 Å². The fourth-order valence-electron chi connectivity index (χ4n) is 4.07. The number of carbonyl (C=O) groups excluding carboxylic acids is 1. The highest BCUT2D eigenvalue weighted by molar-refractivity contribution is 5.94. The molecule has 152 valence electrons. The number of benzene rings is 1. The molecule has 1 unspecified atom stereocenters. The topological polar surface area (TPSA) is 53.6 Å². The number of morpholine rings is 1. The smallest absolute Gasteiger partial charge is 0.241 e. The molecule has 1 aromatic carbocycles. The summed E-state index contributed by atoms with van der Waals surface area (Å²) in [7, 11) is 0. The fraction of sp³-hybridized carbons (Fsp3) is 0.650. The molecule has 1 atom stereocenters. The van der Waals surface area contributed by atoms with Gasteiger partial charge in [0, 0.05) is 30.9 Å². The van der Waals surface area contributed by atoms with Crippen molar-refractivity contribution in [1.82, 2.24) is 10.2 Å². The first kappa shape index (κ1) is 22.1. The van der Waals surface area contributed by atoms with Gasteiger partial charge in [-0.3, -0.25) is 9.69 Å². The number of carbonyl (C=O) groups is 1. The zero-order valence-electron chi connectivity index (χ0n) is 16.0. The average molecular weight is 400 g/mol. The molecule has 2 fully saturated rings. The molecule has 0 spiro atoms. The number of rotatable bonds is 6. The van der Waals surface area contributed by atoms with Gasteiger partial charge in [0.1, 0.15) is 5.82 Å². The first-order chi connectivity index (χ1) is 12.6. The standard InChI is InChI=1S/C20H30FN3O2.ClH/c1-16(19(25)23-18-7-5-17(21)6-8-18)22-15-20(9-3-2-4-10-20)24-11-13-26-14-12-24;/h5-8,16,22H,2-4,9-15H2,1H3,(H,23,25);1H. The summed E-state index contributed by atoms with van der Waals surface area (Å²) in [6, 6.07) is 5.55. The molecule has 1 saturated heterocycles. The van der Waals surface area contributed by atoms with Crippen molar-refractivity contribution in [2.45, 2.75) is 50.6 Å². The summed E-state index contributed by atoms with van der Waals surface area (Å²) >= 11 is 0. The van der Waals surface area contributed by atoms with Gasteiger partial charge in [0.05, 0.1) is 19.3 Å². The summed E-state index contributed by atoms with van der Waals surface area (Å²) in [5, 5.41) is 6.30. The summed E-state index contributed by atoms with van der Waals surface area (Å²) in [5.74, 6) is -0.400. The number of ether oxygens (including phenoxy) is 1. The Bertz CT molecular complexity index is 587. The van der Waals surface area contributed by atoms with E-state index < -0.39 is 0 Å². The van der Waals surface area contributed by atoms with Gasteiger partial charge in [-0.15, -0.1) is 12.4 Å². The third kappa shape index (κ3) is 5.88. The molecule has 1 aliphatic carbocycles. The van der Waals surface area contributed by atoms with E-state index in [9.17, 15) is 9.18 Å². The van der Waals surface area contributed by atoms with E-state index in [1.807, 2.05) is 6.92 Å². The molecule has 1 aliphatic heterocycles. The van der Waals surface area contributed by atoms with E-state index in [-0.39, 0.29) is 35.7 Å². The lowest BCUT2D eigenvalue weighted by molar-refractivity contribution is -0.118. The van der Waals surface area contributed by atoms with Crippen LogP contribution in [-0.4, -0.2) is 55.2 Å². The normalized spacial score (nSPS) is 21.1. The highest BCUT2D eigenvalue weighted by atomic mass is 35.5. The van der Waals surface area contributed by atoms with Crippen molar-refractivity contribution in [2.75, 3.05) is 38.2 Å². The molecule has 2 aliphatic rings. The van der Waals surface area contributed by atoms with Crippen LogP contribution < -0.4 is 10.6 Å². The van der Waals surface area contributed by atoms with Crippen molar-refractivity contribution in [3.05, 3.63) is 30.1 Å². The first-order valence-electron chi connectivity index (χ1n) is 9.72. The fourth-order valence-corrected chi connectivity index (χ4v) is 4.07. The number of amides is 1. The number of halogens is 2. The quantitative estimate of drug-likeness (QED) is 0.771. The second-order valence-corrected chi connectivity index (χ2v) is 7.48. The minimum atomic E-state index is -0.307. The van der Waals surface area contributed by atoms with Crippen LogP contribution in [0.2, 0.25) is 0 Å². The Morgan fingerprint density at radius 1 is 1.19 bits per heavy atom. The summed E-state index contributed by atoms with van der Waals surface area (Å²) in [6.45, 7) is 6.22. The highest BCUT2D eigenvalue weighted by Gasteiger charge is 2.38. The number of anilines is 1. The molecule has 0 bridgehead atoms. The van der Waals surface area contributed by atoms with E-state index in [4.69, 9.17) is 4.74 Å². The van der Waals surface area contributed by atoms with Gasteiger partial charge >= 0.3 is 0 Å². The lowest BCUT2D eigenvalue weighted by Gasteiger charge is -2.48. The largest absolute Gasteiger partial charge is 0.379 e. The van der Waals surface area contributed by atoms with Crippen molar-refractivity contribution in [3.63, 3.8) is 0 Å². The van der Waals surface area contributed by atoms with E-state index in [1.165, 1.54) is 44.2 Å². The second-order valence-electron chi connectivity index (χ2n) is 7.48. The lowest BCUT2D eigenvalue weighted by atomic mass is 9.79. The minimum Gasteiger partial charge on any atom is -0.379 e. The van der Waals surface area contributed by atoms with Gasteiger partial charge in [0.2, 0.25) is 5.91 Å². The van der Waals surface area contributed by atoms with Crippen molar-refractivity contribution in [3.8, 4) is 0 Å². The maximum absolute atomic E-state index is 13.0. The third-order valence-electron chi connectivity index (χ3n) is 5.71. The highest BCUT2D eigenvalue weighted by Crippen LogP contribution is 2.34. The second kappa shape index (κ2) is 10.4. The third-order valence-corrected chi connectivity index (χ3v) is 5.71. The number of nitrogens with one attached hydrogen (secondary N) is 2. The zero-order chi connectivity index (χ0) is 18.4. The van der Waals surface area contributed by atoms with Gasteiger partial charge in [-0.1, -0.05) is 19.3 Å². The van der Waals surface area contributed by atoms with Gasteiger partial charge in [0.25, 0.3) is 0 Å². The van der Waals surface area contributed by atoms with Crippen LogP contribution in [0, 0.1) is 5.82 Å². The van der Waals surface area contributed by atoms with Crippen LogP contribution in [0.15, 0.2) is 24.3 Å². The van der Waals surface area contributed by atoms with E-state index in [1.54, 1.807) is 12.1 Å². The van der Waals surface area contributed by atoms with Gasteiger partial charge < -0.3 is 15.4 Å². The zero-order valence-corrected chi connectivity index (χ0v) is 16.8. The molecule has 3 rings (SSSR count). The Labute approximate surface area is 167 Å². The van der Waals surface area contributed by atoms with Gasteiger partial charge in [-0.05, 0) is 44.0 Å². The Balaban J connectivity index is 0.00000261. The molecular weight excluding hydrogens is 369 g/mol. The summed E-state index contributed by atoms with van der Waals surface area (Å²) < 4.78 is 18.5. The van der Waals surface area contributed by atoms with Crippen LogP contribution in [0.25, 0.3) is 0 Å². The first-order valence-corrected chi connectivity index (χ1v) is 9.72. The molecule has 7 heteroatoms. The minimum absolute atomic E-state index is 0. The van der Waals surface area contributed by atoms with Crippen molar-refractivity contribution in [1.29, 1.82) is 0 Å².